The van der Waals surface area contributed by atoms with Crippen molar-refractivity contribution in [2.75, 3.05) is 11.6 Å². The molecule has 0 aromatic heterocycles. The van der Waals surface area contributed by atoms with Crippen LogP contribution in [0.15, 0.2) is 60.6 Å². The van der Waals surface area contributed by atoms with Crippen molar-refractivity contribution in [1.82, 2.24) is 4.90 Å². The summed E-state index contributed by atoms with van der Waals surface area (Å²) in [6.07, 6.45) is 16.5. The first-order valence-electron chi connectivity index (χ1n) is 8.65. The maximum Gasteiger partial charge on any atom is 0.0986 e. The third-order valence-electron chi connectivity index (χ3n) is 4.07. The molecule has 0 saturated carbocycles. The van der Waals surface area contributed by atoms with Gasteiger partial charge in [-0.05, 0) is 42.0 Å². The number of hydrogen-bond donors (Lipinski definition) is 0. The quantitative estimate of drug-likeness (QED) is 0.506. The predicted molar refractivity (Wildman–Crippen MR) is 104 cm³/mol. The molecule has 0 atom stereocenters. The zero-order valence-corrected chi connectivity index (χ0v) is 15.2. The van der Waals surface area contributed by atoms with Gasteiger partial charge in [-0.15, -0.1) is 6.42 Å². The molecular weight excluding hydrogens is 292 g/mol. The van der Waals surface area contributed by atoms with Crippen molar-refractivity contribution in [3.8, 4) is 12.3 Å². The number of hydrogen-bond acceptors (Lipinski definition) is 2. The lowest BCUT2D eigenvalue weighted by molar-refractivity contribution is 0.448. The van der Waals surface area contributed by atoms with E-state index in [-0.39, 0.29) is 0 Å². The summed E-state index contributed by atoms with van der Waals surface area (Å²) in [6, 6.07) is 8.65. The van der Waals surface area contributed by atoms with E-state index in [0.29, 0.717) is 11.8 Å². The molecule has 1 aromatic carbocycles. The van der Waals surface area contributed by atoms with Crippen LogP contribution in [0.1, 0.15) is 45.6 Å². The number of terminal acetylenes is 1. The first kappa shape index (κ1) is 17.9. The lowest BCUT2D eigenvalue weighted by Gasteiger charge is -2.26. The van der Waals surface area contributed by atoms with Gasteiger partial charge in [-0.25, -0.2) is 0 Å². The van der Waals surface area contributed by atoms with E-state index in [1.54, 1.807) is 6.08 Å². The second-order valence-corrected chi connectivity index (χ2v) is 6.87. The Morgan fingerprint density at radius 3 is 2.62 bits per heavy atom. The fraction of sp³-hybridized carbons (Fsp3) is 0.364. The Bertz CT molecular complexity index is 671. The highest BCUT2D eigenvalue weighted by Crippen LogP contribution is 2.31. The van der Waals surface area contributed by atoms with Gasteiger partial charge in [0.25, 0.3) is 0 Å². The topological polar surface area (TPSA) is 6.48 Å². The van der Waals surface area contributed by atoms with Gasteiger partial charge in [0.2, 0.25) is 0 Å². The van der Waals surface area contributed by atoms with Crippen LogP contribution in [0.5, 0.6) is 0 Å². The van der Waals surface area contributed by atoms with Crippen LogP contribution < -0.4 is 4.90 Å². The van der Waals surface area contributed by atoms with Gasteiger partial charge in [-0.2, -0.15) is 0 Å². The highest BCUT2D eigenvalue weighted by molar-refractivity contribution is 5.58. The van der Waals surface area contributed by atoms with Gasteiger partial charge in [0, 0.05) is 23.8 Å². The number of para-hydroxylation sites is 1. The second-order valence-electron chi connectivity index (χ2n) is 6.87. The van der Waals surface area contributed by atoms with Crippen LogP contribution in [0.4, 0.5) is 5.69 Å². The highest BCUT2D eigenvalue weighted by Gasteiger charge is 2.20. The molecule has 2 heteroatoms. The number of benzene rings is 1. The van der Waals surface area contributed by atoms with Crippen molar-refractivity contribution >= 4 is 5.69 Å². The predicted octanol–water partition coefficient (Wildman–Crippen LogP) is 5.48. The summed E-state index contributed by atoms with van der Waals surface area (Å²) in [5.41, 5.74) is 3.96. The molecule has 0 aliphatic carbocycles. The summed E-state index contributed by atoms with van der Waals surface area (Å²) < 4.78 is 0. The average molecular weight is 320 g/mol. The van der Waals surface area contributed by atoms with Gasteiger partial charge in [0.05, 0.1) is 6.67 Å². The van der Waals surface area contributed by atoms with Crippen molar-refractivity contribution < 1.29 is 0 Å². The van der Waals surface area contributed by atoms with Crippen LogP contribution in [0.25, 0.3) is 0 Å². The Labute approximate surface area is 147 Å². The monoisotopic (exact) mass is 320 g/mol. The SMILES string of the molecule is C#C/C=C\C=C(/CC(C)C)N1C=CN(c2ccccc2C(C)C)C1. The van der Waals surface area contributed by atoms with Crippen molar-refractivity contribution in [2.45, 2.75) is 40.0 Å². The molecule has 0 N–H and O–H groups in total. The summed E-state index contributed by atoms with van der Waals surface area (Å²) in [6.45, 7) is 9.80. The van der Waals surface area contributed by atoms with Crippen LogP contribution >= 0.6 is 0 Å². The maximum absolute atomic E-state index is 5.31. The Balaban J connectivity index is 2.20. The molecular formula is C22H28N2. The van der Waals surface area contributed by atoms with Crippen LogP contribution in [0.2, 0.25) is 0 Å². The lowest BCUT2D eigenvalue weighted by Crippen LogP contribution is -2.26. The molecule has 126 valence electrons. The summed E-state index contributed by atoms with van der Waals surface area (Å²) in [7, 11) is 0. The van der Waals surface area contributed by atoms with Crippen molar-refractivity contribution in [2.24, 2.45) is 5.92 Å². The summed E-state index contributed by atoms with van der Waals surface area (Å²) in [5, 5.41) is 0. The Kier molecular flexibility index (Phi) is 6.32. The highest BCUT2D eigenvalue weighted by atomic mass is 15.3. The van der Waals surface area contributed by atoms with Gasteiger partial charge in [0.15, 0.2) is 0 Å². The van der Waals surface area contributed by atoms with Crippen LogP contribution in [-0.4, -0.2) is 11.6 Å². The molecule has 0 radical (unpaired) electrons. The molecule has 0 bridgehead atoms. The first-order valence-corrected chi connectivity index (χ1v) is 8.65. The Morgan fingerprint density at radius 1 is 1.21 bits per heavy atom. The molecule has 0 amide bonds. The van der Waals surface area contributed by atoms with E-state index in [1.807, 2.05) is 6.08 Å². The molecule has 1 aromatic rings. The summed E-state index contributed by atoms with van der Waals surface area (Å²) in [4.78, 5) is 4.62. The van der Waals surface area contributed by atoms with Crippen LogP contribution in [0.3, 0.4) is 0 Å². The minimum atomic E-state index is 0.507. The average Bonchev–Trinajstić information content (AvgIpc) is 3.03. The van der Waals surface area contributed by atoms with E-state index in [1.165, 1.54) is 16.9 Å². The molecule has 2 nitrogen and oxygen atoms in total. The molecule has 1 heterocycles. The Morgan fingerprint density at radius 2 is 1.96 bits per heavy atom. The van der Waals surface area contributed by atoms with E-state index in [4.69, 9.17) is 6.42 Å². The van der Waals surface area contributed by atoms with Gasteiger partial charge in [-0.1, -0.05) is 57.9 Å². The zero-order valence-electron chi connectivity index (χ0n) is 15.2. The maximum atomic E-state index is 5.31. The molecule has 2 rings (SSSR count). The van der Waals surface area contributed by atoms with E-state index in [0.717, 1.165) is 13.1 Å². The number of nitrogens with zero attached hydrogens (tertiary/aromatic N) is 2. The Hall–Kier alpha value is -2.40. The van der Waals surface area contributed by atoms with Crippen LogP contribution in [-0.2, 0) is 0 Å². The normalized spacial score (nSPS) is 15.1. The van der Waals surface area contributed by atoms with Gasteiger partial charge in [-0.3, -0.25) is 0 Å². The lowest BCUT2D eigenvalue weighted by atomic mass is 10.0. The second kappa shape index (κ2) is 8.45. The molecule has 0 saturated heterocycles. The standard InChI is InChI=1S/C22H28N2/c1-6-7-8-11-20(16-18(2)3)23-14-15-24(17-23)22-13-10-9-12-21(22)19(4)5/h1,7-15,18-19H,16-17H2,2-5H3/b8-7-,20-11+. The van der Waals surface area contributed by atoms with E-state index >= 15 is 0 Å². The van der Waals surface area contributed by atoms with E-state index in [9.17, 15) is 0 Å². The zero-order chi connectivity index (χ0) is 17.5. The number of allylic oxidation sites excluding steroid dienone is 4. The van der Waals surface area contributed by atoms with Gasteiger partial charge in [0.1, 0.15) is 0 Å². The third kappa shape index (κ3) is 4.55. The minimum absolute atomic E-state index is 0.507. The fourth-order valence-corrected chi connectivity index (χ4v) is 2.91. The van der Waals surface area contributed by atoms with Gasteiger partial charge >= 0.3 is 0 Å². The van der Waals surface area contributed by atoms with Gasteiger partial charge < -0.3 is 9.80 Å². The third-order valence-corrected chi connectivity index (χ3v) is 4.07. The van der Waals surface area contributed by atoms with E-state index < -0.39 is 0 Å². The molecule has 0 unspecified atom stereocenters. The number of rotatable bonds is 6. The molecule has 0 fully saturated rings. The fourth-order valence-electron chi connectivity index (χ4n) is 2.91. The van der Waals surface area contributed by atoms with Crippen LogP contribution in [0, 0.1) is 18.3 Å². The molecule has 0 spiro atoms. The van der Waals surface area contributed by atoms with Crippen molar-refractivity contribution in [3.05, 3.63) is 66.2 Å². The molecule has 1 aliphatic rings. The number of anilines is 1. The molecule has 24 heavy (non-hydrogen) atoms. The summed E-state index contributed by atoms with van der Waals surface area (Å²) in [5.74, 6) is 3.65. The van der Waals surface area contributed by atoms with Crippen molar-refractivity contribution in [1.29, 1.82) is 0 Å². The largest absolute Gasteiger partial charge is 0.332 e. The minimum Gasteiger partial charge on any atom is -0.332 e. The first-order chi connectivity index (χ1) is 11.5. The smallest absolute Gasteiger partial charge is 0.0986 e. The summed E-state index contributed by atoms with van der Waals surface area (Å²) >= 11 is 0. The molecule has 1 aliphatic heterocycles. The van der Waals surface area contributed by atoms with Crippen molar-refractivity contribution in [3.63, 3.8) is 0 Å². The van der Waals surface area contributed by atoms with E-state index in [2.05, 4.69) is 86.2 Å².